The van der Waals surface area contributed by atoms with Gasteiger partial charge >= 0.3 is 0 Å². The monoisotopic (exact) mass is 666 g/mol. The minimum Gasteiger partial charge on any atom is -0.457 e. The Morgan fingerprint density at radius 3 is 1.71 bits per heavy atom. The van der Waals surface area contributed by atoms with Gasteiger partial charge in [0, 0.05) is 38.2 Å². The van der Waals surface area contributed by atoms with Crippen LogP contribution in [-0.2, 0) is 5.41 Å². The minimum absolute atomic E-state index is 0.543. The maximum absolute atomic E-state index is 6.75. The first-order valence-electron chi connectivity index (χ1n) is 17.7. The molecule has 0 radical (unpaired) electrons. The molecule has 0 bridgehead atoms. The molecule has 1 aliphatic rings. The van der Waals surface area contributed by atoms with E-state index in [0.29, 0.717) is 0 Å². The lowest BCUT2D eigenvalue weighted by molar-refractivity contribution is 0.435. The number of para-hydroxylation sites is 3. The summed E-state index contributed by atoms with van der Waals surface area (Å²) >= 11 is 0. The summed E-state index contributed by atoms with van der Waals surface area (Å²) in [5.41, 5.74) is 11.8. The topological polar surface area (TPSA) is 35.5 Å². The molecule has 3 heterocycles. The molecule has 1 aliphatic heterocycles. The van der Waals surface area contributed by atoms with Gasteiger partial charge in [0.1, 0.15) is 33.8 Å². The number of furan rings is 2. The van der Waals surface area contributed by atoms with Crippen LogP contribution in [0.2, 0.25) is 0 Å². The van der Waals surface area contributed by atoms with E-state index in [1.165, 1.54) is 11.1 Å². The summed E-state index contributed by atoms with van der Waals surface area (Å²) in [6, 6.07) is 64.1. The fraction of sp³-hybridized carbons (Fsp3) is 0.0204. The Kier molecular flexibility index (Phi) is 6.17. The Hall–Kier alpha value is -6.84. The molecular weight excluding hydrogens is 637 g/mol. The summed E-state index contributed by atoms with van der Waals surface area (Å²) in [6.45, 7) is 0. The first-order chi connectivity index (χ1) is 25.8. The van der Waals surface area contributed by atoms with Gasteiger partial charge in [0.15, 0.2) is 0 Å². The molecule has 0 fully saturated rings. The first-order valence-corrected chi connectivity index (χ1v) is 17.7. The van der Waals surface area contributed by atoms with Gasteiger partial charge < -0.3 is 13.6 Å². The average Bonchev–Trinajstić information content (AvgIpc) is 3.78. The Morgan fingerprint density at radius 1 is 0.346 bits per heavy atom. The molecule has 3 nitrogen and oxygen atoms in total. The van der Waals surface area contributed by atoms with E-state index in [4.69, 9.17) is 13.6 Å². The van der Waals surface area contributed by atoms with E-state index in [1.807, 2.05) is 18.2 Å². The maximum Gasteiger partial charge on any atom is 0.143 e. The van der Waals surface area contributed by atoms with Gasteiger partial charge in [-0.15, -0.1) is 0 Å². The smallest absolute Gasteiger partial charge is 0.143 e. The molecule has 0 atom stereocenters. The first kappa shape index (κ1) is 28.9. The normalized spacial score (nSPS) is 13.3. The molecule has 0 aliphatic carbocycles. The van der Waals surface area contributed by atoms with Crippen molar-refractivity contribution in [2.24, 2.45) is 0 Å². The van der Waals surface area contributed by atoms with Crippen LogP contribution in [0.25, 0.3) is 66.1 Å². The molecule has 0 spiro atoms. The fourth-order valence-corrected chi connectivity index (χ4v) is 8.49. The van der Waals surface area contributed by atoms with Crippen LogP contribution in [0, 0.1) is 0 Å². The Labute approximate surface area is 300 Å². The second-order valence-electron chi connectivity index (χ2n) is 13.6. The molecule has 11 rings (SSSR count). The summed E-state index contributed by atoms with van der Waals surface area (Å²) in [6.07, 6.45) is 0. The third kappa shape index (κ3) is 4.14. The van der Waals surface area contributed by atoms with Crippen LogP contribution in [0.3, 0.4) is 0 Å². The number of ether oxygens (including phenoxy) is 1. The van der Waals surface area contributed by atoms with Gasteiger partial charge in [-0.1, -0.05) is 140 Å². The summed E-state index contributed by atoms with van der Waals surface area (Å²) in [4.78, 5) is 0. The van der Waals surface area contributed by atoms with Crippen LogP contribution >= 0.6 is 0 Å². The van der Waals surface area contributed by atoms with Gasteiger partial charge in [0.2, 0.25) is 0 Å². The lowest BCUT2D eigenvalue weighted by Gasteiger charge is -2.41. The molecule has 52 heavy (non-hydrogen) atoms. The van der Waals surface area contributed by atoms with Crippen molar-refractivity contribution in [1.82, 2.24) is 0 Å². The molecule has 8 aromatic carbocycles. The number of rotatable bonds is 4. The van der Waals surface area contributed by atoms with Gasteiger partial charge in [0.25, 0.3) is 0 Å². The van der Waals surface area contributed by atoms with Gasteiger partial charge in [-0.05, 0) is 70.3 Å². The van der Waals surface area contributed by atoms with E-state index in [9.17, 15) is 0 Å². The van der Waals surface area contributed by atoms with Crippen LogP contribution in [0.5, 0.6) is 11.5 Å². The van der Waals surface area contributed by atoms with E-state index >= 15 is 0 Å². The molecule has 0 unspecified atom stereocenters. The van der Waals surface area contributed by atoms with Gasteiger partial charge in [-0.2, -0.15) is 0 Å². The highest BCUT2D eigenvalue weighted by Gasteiger charge is 2.45. The third-order valence-corrected chi connectivity index (χ3v) is 10.8. The Balaban J connectivity index is 1.04. The fourth-order valence-electron chi connectivity index (χ4n) is 8.49. The van der Waals surface area contributed by atoms with Crippen molar-refractivity contribution < 1.29 is 13.6 Å². The Morgan fingerprint density at radius 2 is 0.923 bits per heavy atom. The van der Waals surface area contributed by atoms with Crippen LogP contribution < -0.4 is 4.74 Å². The standard InChI is InChI=1S/C49H30O3/c1-3-12-34(13-4-1)49(35-14-5-2-6-15-35)41-19-8-10-21-44(41)50-47-29-32(24-27-42(47)49)31-22-25-38-39-26-23-33(30-46(39)51-45(38)28-31)36-17-11-18-40-37-16-7-9-20-43(37)52-48(36)40/h1-30H. The predicted molar refractivity (Wildman–Crippen MR) is 210 cm³/mol. The van der Waals surface area contributed by atoms with Crippen molar-refractivity contribution in [2.75, 3.05) is 0 Å². The van der Waals surface area contributed by atoms with Crippen LogP contribution in [0.1, 0.15) is 22.3 Å². The van der Waals surface area contributed by atoms with Gasteiger partial charge in [-0.3, -0.25) is 0 Å². The van der Waals surface area contributed by atoms with Crippen molar-refractivity contribution >= 4 is 43.9 Å². The predicted octanol–water partition coefficient (Wildman–Crippen LogP) is 13.3. The number of hydrogen-bond donors (Lipinski definition) is 0. The van der Waals surface area contributed by atoms with Crippen molar-refractivity contribution in [1.29, 1.82) is 0 Å². The van der Waals surface area contributed by atoms with Crippen molar-refractivity contribution in [2.45, 2.75) is 5.41 Å². The second-order valence-corrected chi connectivity index (χ2v) is 13.6. The molecule has 3 heteroatoms. The summed E-state index contributed by atoms with van der Waals surface area (Å²) < 4.78 is 19.7. The van der Waals surface area contributed by atoms with E-state index in [-0.39, 0.29) is 0 Å². The largest absolute Gasteiger partial charge is 0.457 e. The van der Waals surface area contributed by atoms with E-state index in [1.54, 1.807) is 0 Å². The summed E-state index contributed by atoms with van der Waals surface area (Å²) in [5, 5.41) is 4.41. The van der Waals surface area contributed by atoms with Crippen molar-refractivity contribution in [3.05, 3.63) is 204 Å². The van der Waals surface area contributed by atoms with Crippen molar-refractivity contribution in [3.8, 4) is 33.8 Å². The van der Waals surface area contributed by atoms with Crippen LogP contribution in [-0.4, -0.2) is 0 Å². The lowest BCUT2D eigenvalue weighted by Crippen LogP contribution is -2.34. The maximum atomic E-state index is 6.75. The zero-order valence-electron chi connectivity index (χ0n) is 28.0. The summed E-state index contributed by atoms with van der Waals surface area (Å²) in [5.74, 6) is 1.71. The van der Waals surface area contributed by atoms with E-state index in [2.05, 4.69) is 164 Å². The highest BCUT2D eigenvalue weighted by Crippen LogP contribution is 2.55. The number of benzene rings is 8. The minimum atomic E-state index is -0.543. The van der Waals surface area contributed by atoms with E-state index in [0.717, 1.165) is 88.8 Å². The number of fused-ring (bicyclic) bond motifs is 8. The SMILES string of the molecule is c1ccc(C2(c3ccccc3)c3ccccc3Oc3cc(-c4ccc5c(c4)oc4cc(-c6cccc7c6oc6ccccc67)ccc45)ccc32)cc1. The van der Waals surface area contributed by atoms with Gasteiger partial charge in [0.05, 0.1) is 5.41 Å². The van der Waals surface area contributed by atoms with Gasteiger partial charge in [-0.25, -0.2) is 0 Å². The van der Waals surface area contributed by atoms with E-state index < -0.39 is 5.41 Å². The molecule has 0 saturated heterocycles. The summed E-state index contributed by atoms with van der Waals surface area (Å²) in [7, 11) is 0. The molecule has 0 N–H and O–H groups in total. The van der Waals surface area contributed by atoms with Crippen LogP contribution in [0.15, 0.2) is 191 Å². The zero-order valence-corrected chi connectivity index (χ0v) is 28.0. The number of hydrogen-bond acceptors (Lipinski definition) is 3. The molecule has 0 amide bonds. The third-order valence-electron chi connectivity index (χ3n) is 10.8. The molecule has 0 saturated carbocycles. The highest BCUT2D eigenvalue weighted by molar-refractivity contribution is 6.11. The quantitative estimate of drug-likeness (QED) is 0.188. The zero-order chi connectivity index (χ0) is 34.2. The van der Waals surface area contributed by atoms with Crippen molar-refractivity contribution in [3.63, 3.8) is 0 Å². The lowest BCUT2D eigenvalue weighted by atomic mass is 9.63. The highest BCUT2D eigenvalue weighted by atomic mass is 16.5. The average molecular weight is 667 g/mol. The molecular formula is C49H30O3. The molecule has 2 aromatic heterocycles. The molecule has 244 valence electrons. The molecule has 10 aromatic rings. The second kappa shape index (κ2) is 11.1. The van der Waals surface area contributed by atoms with Crippen LogP contribution in [0.4, 0.5) is 0 Å². The Bertz CT molecular complexity index is 2950.